The fourth-order valence-corrected chi connectivity index (χ4v) is 2.95. The topological polar surface area (TPSA) is 95.7 Å². The van der Waals surface area contributed by atoms with Crippen LogP contribution in [0.1, 0.15) is 11.1 Å². The first kappa shape index (κ1) is 16.0. The summed E-state index contributed by atoms with van der Waals surface area (Å²) in [6, 6.07) is 14.3. The van der Waals surface area contributed by atoms with Gasteiger partial charge in [-0.2, -0.15) is 4.91 Å². The number of hydrogen-bond donors (Lipinski definition) is 3. The molecule has 2 aromatic carbocycles. The maximum absolute atomic E-state index is 10.6. The summed E-state index contributed by atoms with van der Waals surface area (Å²) in [6.07, 6.45) is 5.97. The van der Waals surface area contributed by atoms with Crippen LogP contribution in [-0.4, -0.2) is 21.9 Å². The molecular weight excluding hydrogens is 330 g/mol. The molecule has 1 aliphatic heterocycles. The van der Waals surface area contributed by atoms with E-state index in [1.54, 1.807) is 12.5 Å². The molecule has 0 aliphatic carbocycles. The van der Waals surface area contributed by atoms with Crippen molar-refractivity contribution in [2.24, 2.45) is 10.3 Å². The van der Waals surface area contributed by atoms with Crippen molar-refractivity contribution < 1.29 is 0 Å². The highest BCUT2D eigenvalue weighted by molar-refractivity contribution is 5.99. The molecule has 1 aliphatic rings. The molecule has 3 aromatic rings. The van der Waals surface area contributed by atoms with Crippen molar-refractivity contribution in [3.05, 3.63) is 77.2 Å². The van der Waals surface area contributed by atoms with Gasteiger partial charge in [-0.1, -0.05) is 35.5 Å². The Morgan fingerprint density at radius 3 is 2.62 bits per heavy atom. The maximum atomic E-state index is 10.6. The summed E-state index contributed by atoms with van der Waals surface area (Å²) in [6.45, 7) is 0.247. The van der Waals surface area contributed by atoms with Crippen molar-refractivity contribution in [3.8, 4) is 16.8 Å². The Labute approximate surface area is 149 Å². The Kier molecular flexibility index (Phi) is 4.40. The highest BCUT2D eigenvalue weighted by Gasteiger charge is 2.11. The molecule has 26 heavy (non-hydrogen) atoms. The van der Waals surface area contributed by atoms with Gasteiger partial charge in [0.1, 0.15) is 0 Å². The summed E-state index contributed by atoms with van der Waals surface area (Å²) >= 11 is 0. The zero-order valence-electron chi connectivity index (χ0n) is 13.9. The van der Waals surface area contributed by atoms with Gasteiger partial charge in [-0.05, 0) is 35.2 Å². The number of nitrogens with zero attached hydrogens (tertiary/aromatic N) is 4. The number of amidine groups is 1. The molecule has 4 rings (SSSR count). The summed E-state index contributed by atoms with van der Waals surface area (Å²) in [5, 5.41) is 7.11. The first-order chi connectivity index (χ1) is 12.8. The monoisotopic (exact) mass is 347 g/mol. The van der Waals surface area contributed by atoms with Gasteiger partial charge in [0.15, 0.2) is 5.84 Å². The van der Waals surface area contributed by atoms with Crippen molar-refractivity contribution in [1.82, 2.24) is 26.0 Å². The van der Waals surface area contributed by atoms with E-state index in [0.29, 0.717) is 6.42 Å². The summed E-state index contributed by atoms with van der Waals surface area (Å²) in [7, 11) is 0. The van der Waals surface area contributed by atoms with Crippen LogP contribution < -0.4 is 16.5 Å². The summed E-state index contributed by atoms with van der Waals surface area (Å²) < 4.78 is 1.94. The fourth-order valence-electron chi connectivity index (χ4n) is 2.95. The van der Waals surface area contributed by atoms with E-state index < -0.39 is 0 Å². The Morgan fingerprint density at radius 2 is 1.92 bits per heavy atom. The highest BCUT2D eigenvalue weighted by atomic mass is 16.3. The van der Waals surface area contributed by atoms with E-state index in [-0.39, 0.29) is 6.54 Å². The molecule has 0 amide bonds. The number of imidazole rings is 1. The predicted octanol–water partition coefficient (Wildman–Crippen LogP) is 2.12. The predicted molar refractivity (Wildman–Crippen MR) is 99.3 cm³/mol. The molecule has 0 spiro atoms. The molecule has 2 heterocycles. The number of hydrazine groups is 2. The minimum absolute atomic E-state index is 0.247. The van der Waals surface area contributed by atoms with Crippen molar-refractivity contribution in [3.63, 3.8) is 0 Å². The van der Waals surface area contributed by atoms with Crippen molar-refractivity contribution in [1.29, 1.82) is 0 Å². The molecule has 0 bridgehead atoms. The minimum Gasteiger partial charge on any atom is -0.306 e. The van der Waals surface area contributed by atoms with Crippen LogP contribution in [0.4, 0.5) is 0 Å². The second kappa shape index (κ2) is 7.16. The quantitative estimate of drug-likeness (QED) is 0.594. The van der Waals surface area contributed by atoms with Gasteiger partial charge in [-0.3, -0.25) is 5.43 Å². The van der Waals surface area contributed by atoms with Crippen LogP contribution in [-0.2, 0) is 6.42 Å². The lowest BCUT2D eigenvalue weighted by atomic mass is 9.96. The molecule has 8 heteroatoms. The van der Waals surface area contributed by atoms with Crippen LogP contribution in [0, 0.1) is 4.91 Å². The van der Waals surface area contributed by atoms with Gasteiger partial charge in [-0.25, -0.2) is 10.5 Å². The summed E-state index contributed by atoms with van der Waals surface area (Å²) in [4.78, 5) is 14.7. The van der Waals surface area contributed by atoms with Crippen LogP contribution in [0.25, 0.3) is 16.8 Å². The van der Waals surface area contributed by atoms with Crippen LogP contribution in [0.3, 0.4) is 0 Å². The van der Waals surface area contributed by atoms with Crippen molar-refractivity contribution >= 4 is 5.84 Å². The molecular formula is C18H17N7O. The lowest BCUT2D eigenvalue weighted by molar-refractivity contribution is 0.577. The number of nitroso groups, excluding NO2 is 1. The first-order valence-electron chi connectivity index (χ1n) is 8.20. The van der Waals surface area contributed by atoms with Crippen molar-refractivity contribution in [2.45, 2.75) is 6.42 Å². The zero-order valence-corrected chi connectivity index (χ0v) is 13.9. The van der Waals surface area contributed by atoms with Gasteiger partial charge in [-0.15, -0.1) is 10.6 Å². The number of aromatic nitrogens is 2. The number of rotatable bonds is 6. The van der Waals surface area contributed by atoms with Gasteiger partial charge in [0, 0.05) is 23.6 Å². The molecule has 0 saturated heterocycles. The highest BCUT2D eigenvalue weighted by Crippen LogP contribution is 2.27. The number of nitrogens with one attached hydrogen (secondary N) is 3. The average molecular weight is 347 g/mol. The van der Waals surface area contributed by atoms with E-state index in [9.17, 15) is 4.91 Å². The third-order valence-corrected chi connectivity index (χ3v) is 4.24. The smallest absolute Gasteiger partial charge is 0.170 e. The lowest BCUT2D eigenvalue weighted by Crippen LogP contribution is -2.35. The van der Waals surface area contributed by atoms with Gasteiger partial charge in [0.25, 0.3) is 0 Å². The van der Waals surface area contributed by atoms with Gasteiger partial charge in [0.2, 0.25) is 0 Å². The van der Waals surface area contributed by atoms with E-state index in [4.69, 9.17) is 0 Å². The van der Waals surface area contributed by atoms with Crippen molar-refractivity contribution in [2.75, 3.05) is 6.54 Å². The molecule has 0 saturated carbocycles. The Balaban J connectivity index is 1.69. The van der Waals surface area contributed by atoms with E-state index in [2.05, 4.69) is 43.9 Å². The van der Waals surface area contributed by atoms with Crippen LogP contribution in [0.5, 0.6) is 0 Å². The van der Waals surface area contributed by atoms with Crippen LogP contribution in [0.2, 0.25) is 0 Å². The van der Waals surface area contributed by atoms with Crippen LogP contribution in [0.15, 0.2) is 71.5 Å². The average Bonchev–Trinajstić information content (AvgIpc) is 3.40. The molecule has 0 radical (unpaired) electrons. The van der Waals surface area contributed by atoms with E-state index >= 15 is 0 Å². The second-order valence-electron chi connectivity index (χ2n) is 5.81. The fraction of sp³-hybridized carbons (Fsp3) is 0.111. The van der Waals surface area contributed by atoms with Gasteiger partial charge < -0.3 is 4.57 Å². The van der Waals surface area contributed by atoms with E-state index in [0.717, 1.165) is 33.8 Å². The maximum Gasteiger partial charge on any atom is 0.170 e. The minimum atomic E-state index is 0.247. The Morgan fingerprint density at radius 1 is 1.08 bits per heavy atom. The third kappa shape index (κ3) is 3.17. The normalized spacial score (nSPS) is 13.0. The summed E-state index contributed by atoms with van der Waals surface area (Å²) in [5.41, 5.74) is 13.5. The Bertz CT molecular complexity index is 933. The van der Waals surface area contributed by atoms with Crippen LogP contribution >= 0.6 is 0 Å². The molecule has 130 valence electrons. The summed E-state index contributed by atoms with van der Waals surface area (Å²) in [5.74, 6) is 0.734. The molecule has 0 atom stereocenters. The molecule has 0 unspecified atom stereocenters. The lowest BCUT2D eigenvalue weighted by Gasteiger charge is -2.12. The molecule has 1 aromatic heterocycles. The molecule has 8 nitrogen and oxygen atoms in total. The van der Waals surface area contributed by atoms with Gasteiger partial charge >= 0.3 is 0 Å². The first-order valence-corrected chi connectivity index (χ1v) is 8.20. The van der Waals surface area contributed by atoms with Gasteiger partial charge in [0.05, 0.1) is 12.9 Å². The molecule has 3 N–H and O–H groups in total. The van der Waals surface area contributed by atoms with E-state index in [1.807, 2.05) is 41.1 Å². The standard InChI is InChI=1S/C18H17N7O/c26-20-8-7-15-11-16(25-10-9-19-12-25)5-6-17(15)13-1-3-14(4-2-13)18-21-23-24-22-18/h1-6,9-12,23-24H,7-8H2,(H,21,22). The second-order valence-corrected chi connectivity index (χ2v) is 5.81. The number of benzene rings is 2. The largest absolute Gasteiger partial charge is 0.306 e. The Hall–Kier alpha value is -3.52. The zero-order chi connectivity index (χ0) is 17.8. The number of hydrazone groups is 1. The van der Waals surface area contributed by atoms with E-state index in [1.165, 1.54) is 0 Å². The number of hydrogen-bond acceptors (Lipinski definition) is 7. The molecule has 0 fully saturated rings. The SMILES string of the molecule is O=NCCc1cc(-n2ccnc2)ccc1-c1ccc(C2=NNNN2)cc1. The third-order valence-electron chi connectivity index (χ3n) is 4.24.